The van der Waals surface area contributed by atoms with Gasteiger partial charge in [0.15, 0.2) is 0 Å². The van der Waals surface area contributed by atoms with E-state index in [-0.39, 0.29) is 5.69 Å². The summed E-state index contributed by atoms with van der Waals surface area (Å²) in [4.78, 5) is 12.7. The second kappa shape index (κ2) is 8.98. The molecule has 0 amide bonds. The Bertz CT molecular complexity index is 638. The first-order valence-electron chi connectivity index (χ1n) is 8.37. The lowest BCUT2D eigenvalue weighted by Crippen LogP contribution is -2.27. The number of imidazole rings is 1. The average molecular weight is 336 g/mol. The molecule has 0 saturated heterocycles. The van der Waals surface area contributed by atoms with Gasteiger partial charge in [0.2, 0.25) is 0 Å². The van der Waals surface area contributed by atoms with Gasteiger partial charge in [0.05, 0.1) is 77.0 Å². The molecule has 7 nitrogen and oxygen atoms in total. The Balaban J connectivity index is 1.76. The summed E-state index contributed by atoms with van der Waals surface area (Å²) in [7, 11) is 0. The second-order valence-electron chi connectivity index (χ2n) is 5.52. The highest BCUT2D eigenvalue weighted by Gasteiger charge is 2.12. The van der Waals surface area contributed by atoms with E-state index in [1.54, 1.807) is 9.13 Å². The van der Waals surface area contributed by atoms with Gasteiger partial charge in [-0.3, -0.25) is 9.13 Å². The molecule has 1 aromatic heterocycles. The first-order chi connectivity index (χ1) is 11.9. The van der Waals surface area contributed by atoms with E-state index in [2.05, 4.69) is 0 Å². The summed E-state index contributed by atoms with van der Waals surface area (Å²) < 4.78 is 25.5. The van der Waals surface area contributed by atoms with Gasteiger partial charge in [0.25, 0.3) is 0 Å². The minimum absolute atomic E-state index is 0.0276. The van der Waals surface area contributed by atoms with Crippen molar-refractivity contribution in [2.75, 3.05) is 52.9 Å². The highest BCUT2D eigenvalue weighted by atomic mass is 16.6. The van der Waals surface area contributed by atoms with Crippen molar-refractivity contribution in [3.05, 3.63) is 34.7 Å². The maximum Gasteiger partial charge on any atom is 0.329 e. The van der Waals surface area contributed by atoms with Gasteiger partial charge >= 0.3 is 5.69 Å². The fourth-order valence-corrected chi connectivity index (χ4v) is 2.78. The van der Waals surface area contributed by atoms with Crippen LogP contribution in [0.2, 0.25) is 0 Å². The lowest BCUT2D eigenvalue weighted by atomic mass is 10.3. The van der Waals surface area contributed by atoms with Crippen LogP contribution in [0, 0.1) is 0 Å². The Labute approximate surface area is 140 Å². The first-order valence-corrected chi connectivity index (χ1v) is 8.37. The number of hydrogen-bond donors (Lipinski definition) is 0. The quantitative estimate of drug-likeness (QED) is 0.715. The molecule has 7 heteroatoms. The predicted molar refractivity (Wildman–Crippen MR) is 89.5 cm³/mol. The van der Waals surface area contributed by atoms with Crippen molar-refractivity contribution in [3.8, 4) is 0 Å². The first kappa shape index (κ1) is 17.2. The highest BCUT2D eigenvalue weighted by Crippen LogP contribution is 2.12. The van der Waals surface area contributed by atoms with Crippen LogP contribution < -0.4 is 5.69 Å². The number of hydrogen-bond acceptors (Lipinski definition) is 5. The van der Waals surface area contributed by atoms with Crippen LogP contribution >= 0.6 is 0 Å². The number of aromatic nitrogens is 2. The van der Waals surface area contributed by atoms with Gasteiger partial charge in [-0.25, -0.2) is 4.79 Å². The summed E-state index contributed by atoms with van der Waals surface area (Å²) in [6, 6.07) is 7.81. The number of para-hydroxylation sites is 2. The third-order valence-electron chi connectivity index (χ3n) is 3.96. The van der Waals surface area contributed by atoms with Gasteiger partial charge in [-0.05, 0) is 12.1 Å². The molecule has 0 N–H and O–H groups in total. The van der Waals surface area contributed by atoms with E-state index < -0.39 is 0 Å². The Morgan fingerprint density at radius 2 is 1.00 bits per heavy atom. The monoisotopic (exact) mass is 336 g/mol. The Kier molecular flexibility index (Phi) is 6.42. The molecular formula is C17H24N2O5. The fraction of sp³-hybridized carbons (Fsp3) is 0.588. The van der Waals surface area contributed by atoms with Gasteiger partial charge in [-0.15, -0.1) is 0 Å². The molecule has 2 heterocycles. The summed E-state index contributed by atoms with van der Waals surface area (Å²) in [5, 5.41) is 0. The van der Waals surface area contributed by atoms with Gasteiger partial charge in [-0.2, -0.15) is 0 Å². The minimum Gasteiger partial charge on any atom is -0.377 e. The molecule has 24 heavy (non-hydrogen) atoms. The van der Waals surface area contributed by atoms with Gasteiger partial charge in [0, 0.05) is 0 Å². The van der Waals surface area contributed by atoms with Gasteiger partial charge in [-0.1, -0.05) is 12.1 Å². The van der Waals surface area contributed by atoms with Crippen LogP contribution in [0.5, 0.6) is 0 Å². The van der Waals surface area contributed by atoms with E-state index in [1.165, 1.54) is 0 Å². The topological polar surface area (TPSA) is 63.9 Å². The van der Waals surface area contributed by atoms with Crippen molar-refractivity contribution in [1.29, 1.82) is 0 Å². The normalized spacial score (nSPS) is 19.2. The summed E-state index contributed by atoms with van der Waals surface area (Å²) in [5.41, 5.74) is 1.82. The smallest absolute Gasteiger partial charge is 0.329 e. The summed E-state index contributed by atoms with van der Waals surface area (Å²) in [6.45, 7) is 5.17. The second-order valence-corrected chi connectivity index (χ2v) is 5.52. The molecule has 132 valence electrons. The van der Waals surface area contributed by atoms with Crippen molar-refractivity contribution in [2.24, 2.45) is 0 Å². The lowest BCUT2D eigenvalue weighted by Gasteiger charge is -2.08. The maximum atomic E-state index is 12.7. The van der Waals surface area contributed by atoms with Crippen molar-refractivity contribution in [2.45, 2.75) is 13.1 Å². The molecule has 0 unspecified atom stereocenters. The van der Waals surface area contributed by atoms with Crippen LogP contribution in [-0.4, -0.2) is 62.0 Å². The van der Waals surface area contributed by atoms with Gasteiger partial charge in [0.1, 0.15) is 0 Å². The maximum absolute atomic E-state index is 12.7. The summed E-state index contributed by atoms with van der Waals surface area (Å²) in [5.74, 6) is 0. The molecule has 0 aliphatic carbocycles. The number of nitrogens with zero attached hydrogens (tertiary/aromatic N) is 2. The molecule has 2 bridgehead atoms. The molecule has 1 aliphatic heterocycles. The van der Waals surface area contributed by atoms with Crippen molar-refractivity contribution >= 4 is 11.0 Å². The van der Waals surface area contributed by atoms with Crippen LogP contribution in [-0.2, 0) is 32.0 Å². The standard InChI is InChI=1S/C17H24N2O5/c20-17-18-5-7-21-9-11-23-13-14-24-12-10-22-8-6-19(17)16-4-2-1-3-15(16)18/h1-4H,5-14H2. The third kappa shape index (κ3) is 4.24. The fourth-order valence-electron chi connectivity index (χ4n) is 2.78. The molecule has 0 spiro atoms. The molecule has 1 aliphatic rings. The van der Waals surface area contributed by atoms with E-state index in [0.717, 1.165) is 11.0 Å². The Morgan fingerprint density at radius 3 is 1.42 bits per heavy atom. The third-order valence-corrected chi connectivity index (χ3v) is 3.96. The van der Waals surface area contributed by atoms with E-state index in [9.17, 15) is 4.79 Å². The Morgan fingerprint density at radius 1 is 0.625 bits per heavy atom. The molecule has 0 radical (unpaired) electrons. The van der Waals surface area contributed by atoms with Crippen molar-refractivity contribution in [3.63, 3.8) is 0 Å². The van der Waals surface area contributed by atoms with Gasteiger partial charge < -0.3 is 18.9 Å². The summed E-state index contributed by atoms with van der Waals surface area (Å²) >= 11 is 0. The van der Waals surface area contributed by atoms with E-state index in [4.69, 9.17) is 18.9 Å². The predicted octanol–water partition coefficient (Wildman–Crippen LogP) is 0.883. The molecule has 2 aromatic rings. The number of fused-ring (bicyclic) bond motifs is 5. The van der Waals surface area contributed by atoms with Crippen LogP contribution in [0.25, 0.3) is 11.0 Å². The molecular weight excluding hydrogens is 312 g/mol. The average Bonchev–Trinajstić information content (AvgIpc) is 2.87. The lowest BCUT2D eigenvalue weighted by molar-refractivity contribution is -0.00263. The van der Waals surface area contributed by atoms with Crippen molar-refractivity contribution < 1.29 is 18.9 Å². The van der Waals surface area contributed by atoms with E-state index >= 15 is 0 Å². The molecule has 0 fully saturated rings. The molecule has 3 rings (SSSR count). The highest BCUT2D eigenvalue weighted by molar-refractivity contribution is 5.75. The van der Waals surface area contributed by atoms with Crippen LogP contribution in [0.3, 0.4) is 0 Å². The number of rotatable bonds is 0. The number of benzene rings is 1. The van der Waals surface area contributed by atoms with Crippen molar-refractivity contribution in [1.82, 2.24) is 9.13 Å². The zero-order valence-electron chi connectivity index (χ0n) is 13.8. The van der Waals surface area contributed by atoms with E-state index in [0.29, 0.717) is 65.9 Å². The largest absolute Gasteiger partial charge is 0.377 e. The van der Waals surface area contributed by atoms with Crippen LogP contribution in [0.15, 0.2) is 29.1 Å². The number of ether oxygens (including phenoxy) is 4. The van der Waals surface area contributed by atoms with Crippen LogP contribution in [0.1, 0.15) is 0 Å². The Hall–Kier alpha value is -1.67. The summed E-state index contributed by atoms with van der Waals surface area (Å²) in [6.07, 6.45) is 0. The zero-order valence-corrected chi connectivity index (χ0v) is 13.8. The minimum atomic E-state index is -0.0276. The van der Waals surface area contributed by atoms with Crippen LogP contribution in [0.4, 0.5) is 0 Å². The molecule has 1 aromatic carbocycles. The molecule has 0 saturated carbocycles. The van der Waals surface area contributed by atoms with E-state index in [1.807, 2.05) is 24.3 Å². The molecule has 0 atom stereocenters. The SMILES string of the molecule is O=c1n2c3ccccc3n1CCOCCOCCOCCOCC2. The zero-order chi connectivity index (χ0) is 16.6.